The Bertz CT molecular complexity index is 896. The summed E-state index contributed by atoms with van der Waals surface area (Å²) in [6.45, 7) is 0.969. The summed E-state index contributed by atoms with van der Waals surface area (Å²) in [5, 5.41) is 4.02. The van der Waals surface area contributed by atoms with Crippen molar-refractivity contribution in [3.8, 4) is 5.75 Å². The van der Waals surface area contributed by atoms with Gasteiger partial charge >= 0.3 is 0 Å². The van der Waals surface area contributed by atoms with E-state index in [1.807, 2.05) is 0 Å². The van der Waals surface area contributed by atoms with Crippen molar-refractivity contribution in [1.82, 2.24) is 10.2 Å². The Labute approximate surface area is 178 Å². The van der Waals surface area contributed by atoms with Crippen LogP contribution in [0.5, 0.6) is 5.75 Å². The Morgan fingerprint density at radius 1 is 1.00 bits per heavy atom. The first-order chi connectivity index (χ1) is 13.4. The maximum Gasteiger partial charge on any atom is 0.259 e. The van der Waals surface area contributed by atoms with Gasteiger partial charge in [-0.05, 0) is 37.1 Å². The molecule has 0 atom stereocenters. The second-order valence-electron chi connectivity index (χ2n) is 6.46. The zero-order valence-corrected chi connectivity index (χ0v) is 17.4. The molecule has 1 N–H and O–H groups in total. The van der Waals surface area contributed by atoms with E-state index in [-0.39, 0.29) is 29.2 Å². The first-order valence-electron chi connectivity index (χ1n) is 8.79. The van der Waals surface area contributed by atoms with Crippen molar-refractivity contribution in [3.63, 3.8) is 0 Å². The number of carbonyl (C=O) groups is 2. The van der Waals surface area contributed by atoms with Crippen LogP contribution in [0.1, 0.15) is 33.6 Å². The summed E-state index contributed by atoms with van der Waals surface area (Å²) in [4.78, 5) is 27.0. The number of amides is 2. The molecule has 0 spiro atoms. The smallest absolute Gasteiger partial charge is 0.259 e. The molecule has 1 aliphatic heterocycles. The maximum absolute atomic E-state index is 12.9. The van der Waals surface area contributed by atoms with Gasteiger partial charge in [-0.3, -0.25) is 9.59 Å². The number of benzene rings is 2. The van der Waals surface area contributed by atoms with E-state index in [1.54, 1.807) is 41.3 Å². The van der Waals surface area contributed by atoms with Gasteiger partial charge in [0.05, 0.1) is 27.7 Å². The van der Waals surface area contributed by atoms with Crippen LogP contribution >= 0.6 is 34.8 Å². The topological polar surface area (TPSA) is 58.6 Å². The van der Waals surface area contributed by atoms with Gasteiger partial charge in [-0.15, -0.1) is 0 Å². The minimum absolute atomic E-state index is 0.0375. The fraction of sp³-hybridized carbons (Fsp3) is 0.300. The van der Waals surface area contributed by atoms with Crippen LogP contribution in [-0.4, -0.2) is 43.0 Å². The number of piperidine rings is 1. The van der Waals surface area contributed by atoms with Crippen molar-refractivity contribution in [2.24, 2.45) is 0 Å². The first-order valence-corrected chi connectivity index (χ1v) is 9.92. The quantitative estimate of drug-likeness (QED) is 0.749. The van der Waals surface area contributed by atoms with E-state index in [0.717, 1.165) is 0 Å². The van der Waals surface area contributed by atoms with Crippen molar-refractivity contribution in [2.75, 3.05) is 20.2 Å². The monoisotopic (exact) mass is 440 g/mol. The van der Waals surface area contributed by atoms with Gasteiger partial charge in [0.25, 0.3) is 11.8 Å². The van der Waals surface area contributed by atoms with E-state index in [4.69, 9.17) is 39.5 Å². The van der Waals surface area contributed by atoms with Gasteiger partial charge in [-0.1, -0.05) is 46.9 Å². The fourth-order valence-electron chi connectivity index (χ4n) is 3.23. The largest absolute Gasteiger partial charge is 0.494 e. The fourth-order valence-corrected chi connectivity index (χ4v) is 3.91. The van der Waals surface area contributed by atoms with Crippen LogP contribution in [0.4, 0.5) is 0 Å². The van der Waals surface area contributed by atoms with E-state index in [1.165, 1.54) is 7.11 Å². The van der Waals surface area contributed by atoms with Crippen molar-refractivity contribution in [1.29, 1.82) is 0 Å². The van der Waals surface area contributed by atoms with E-state index < -0.39 is 0 Å². The minimum atomic E-state index is -0.236. The third kappa shape index (κ3) is 4.37. The normalized spacial score (nSPS) is 14.6. The number of hydrogen-bond donors (Lipinski definition) is 1. The van der Waals surface area contributed by atoms with Crippen LogP contribution in [0.15, 0.2) is 36.4 Å². The molecule has 5 nitrogen and oxygen atoms in total. The van der Waals surface area contributed by atoms with Gasteiger partial charge in [0.2, 0.25) is 0 Å². The molecule has 1 fully saturated rings. The molecule has 2 amide bonds. The van der Waals surface area contributed by atoms with Gasteiger partial charge in [0.1, 0.15) is 5.56 Å². The SMILES string of the molecule is COc1c(Cl)ccc(Cl)c1C(=O)N1CCC(NC(=O)c2ccccc2Cl)CC1. The molecule has 1 heterocycles. The Hall–Kier alpha value is -1.95. The van der Waals surface area contributed by atoms with Gasteiger partial charge in [-0.2, -0.15) is 0 Å². The Kier molecular flexibility index (Phi) is 6.70. The number of carbonyl (C=O) groups excluding carboxylic acids is 2. The highest BCUT2D eigenvalue weighted by molar-refractivity contribution is 6.37. The molecule has 148 valence electrons. The van der Waals surface area contributed by atoms with Crippen LogP contribution < -0.4 is 10.1 Å². The Morgan fingerprint density at radius 2 is 1.64 bits per heavy atom. The third-order valence-corrected chi connectivity index (χ3v) is 5.65. The first kappa shape index (κ1) is 20.8. The van der Waals surface area contributed by atoms with E-state index >= 15 is 0 Å². The zero-order chi connectivity index (χ0) is 20.3. The number of rotatable bonds is 4. The van der Waals surface area contributed by atoms with Gasteiger partial charge in [0, 0.05) is 19.1 Å². The number of nitrogens with zero attached hydrogens (tertiary/aromatic N) is 1. The summed E-state index contributed by atoms with van der Waals surface area (Å²) >= 11 is 18.4. The molecule has 2 aromatic carbocycles. The number of ether oxygens (including phenoxy) is 1. The molecule has 1 saturated heterocycles. The highest BCUT2D eigenvalue weighted by Crippen LogP contribution is 2.35. The second kappa shape index (κ2) is 9.03. The molecule has 2 aromatic rings. The van der Waals surface area contributed by atoms with E-state index in [0.29, 0.717) is 46.6 Å². The van der Waals surface area contributed by atoms with Crippen molar-refractivity contribution >= 4 is 46.6 Å². The van der Waals surface area contributed by atoms with E-state index in [9.17, 15) is 9.59 Å². The van der Waals surface area contributed by atoms with Crippen LogP contribution in [-0.2, 0) is 0 Å². The van der Waals surface area contributed by atoms with Crippen molar-refractivity contribution in [3.05, 3.63) is 62.6 Å². The molecule has 3 rings (SSSR count). The van der Waals surface area contributed by atoms with Gasteiger partial charge in [-0.25, -0.2) is 0 Å². The molecule has 8 heteroatoms. The Morgan fingerprint density at radius 3 is 2.29 bits per heavy atom. The molecular weight excluding hydrogens is 423 g/mol. The molecule has 0 radical (unpaired) electrons. The lowest BCUT2D eigenvalue weighted by Gasteiger charge is -2.33. The third-order valence-electron chi connectivity index (χ3n) is 4.71. The van der Waals surface area contributed by atoms with Crippen LogP contribution in [0, 0.1) is 0 Å². The molecule has 0 unspecified atom stereocenters. The Balaban J connectivity index is 1.65. The van der Waals surface area contributed by atoms with Crippen LogP contribution in [0.3, 0.4) is 0 Å². The predicted molar refractivity (Wildman–Crippen MR) is 111 cm³/mol. The van der Waals surface area contributed by atoms with Crippen LogP contribution in [0.2, 0.25) is 15.1 Å². The molecule has 0 aromatic heterocycles. The molecule has 1 aliphatic rings. The van der Waals surface area contributed by atoms with Gasteiger partial charge in [0.15, 0.2) is 5.75 Å². The molecule has 0 aliphatic carbocycles. The molecule has 28 heavy (non-hydrogen) atoms. The van der Waals surface area contributed by atoms with E-state index in [2.05, 4.69) is 5.32 Å². The molecular formula is C20H19Cl3N2O3. The van der Waals surface area contributed by atoms with Crippen molar-refractivity contribution < 1.29 is 14.3 Å². The summed E-state index contributed by atoms with van der Waals surface area (Å²) in [6, 6.07) is 10.0. The lowest BCUT2D eigenvalue weighted by Crippen LogP contribution is -2.46. The number of likely N-dealkylation sites (tertiary alicyclic amines) is 1. The van der Waals surface area contributed by atoms with Crippen LogP contribution in [0.25, 0.3) is 0 Å². The average molecular weight is 442 g/mol. The molecule has 0 saturated carbocycles. The number of methoxy groups -OCH3 is 1. The second-order valence-corrected chi connectivity index (χ2v) is 7.68. The van der Waals surface area contributed by atoms with Gasteiger partial charge < -0.3 is 15.0 Å². The molecule has 0 bridgehead atoms. The summed E-state index contributed by atoms with van der Waals surface area (Å²) in [7, 11) is 1.45. The van der Waals surface area contributed by atoms with Crippen molar-refractivity contribution in [2.45, 2.75) is 18.9 Å². The summed E-state index contributed by atoms with van der Waals surface area (Å²) in [5.74, 6) is -0.177. The lowest BCUT2D eigenvalue weighted by atomic mass is 10.0. The highest BCUT2D eigenvalue weighted by atomic mass is 35.5. The predicted octanol–water partition coefficient (Wildman–Crippen LogP) is 4.69. The number of halogens is 3. The summed E-state index contributed by atoms with van der Waals surface area (Å²) in [6.07, 6.45) is 1.25. The maximum atomic E-state index is 12.9. The number of nitrogens with one attached hydrogen (secondary N) is 1. The summed E-state index contributed by atoms with van der Waals surface area (Å²) < 4.78 is 5.27. The zero-order valence-electron chi connectivity index (χ0n) is 15.2. The lowest BCUT2D eigenvalue weighted by molar-refractivity contribution is 0.0695. The number of hydrogen-bond acceptors (Lipinski definition) is 3. The average Bonchev–Trinajstić information content (AvgIpc) is 2.69. The summed E-state index contributed by atoms with van der Waals surface area (Å²) in [5.41, 5.74) is 0.702. The standard InChI is InChI=1S/C20H19Cl3N2O3/c1-28-18-16(23)7-6-15(22)17(18)20(27)25-10-8-12(9-11-25)24-19(26)13-4-2-3-5-14(13)21/h2-7,12H,8-11H2,1H3,(H,24,26). The minimum Gasteiger partial charge on any atom is -0.494 e. The highest BCUT2D eigenvalue weighted by Gasteiger charge is 2.29.